The van der Waals surface area contributed by atoms with Gasteiger partial charge in [0.2, 0.25) is 0 Å². The molecule has 0 saturated carbocycles. The number of carbonyl (C=O) groups is 1. The number of hydrogen-bond donors (Lipinski definition) is 1. The summed E-state index contributed by atoms with van der Waals surface area (Å²) in [6, 6.07) is 5.90. The largest absolute Gasteiger partial charge is 0.480 e. The number of likely N-dealkylation sites (tertiary alicyclic amines) is 1. The van der Waals surface area contributed by atoms with E-state index >= 15 is 0 Å². The van der Waals surface area contributed by atoms with Gasteiger partial charge in [-0.15, -0.1) is 0 Å². The van der Waals surface area contributed by atoms with Crippen molar-refractivity contribution in [3.8, 4) is 0 Å². The Morgan fingerprint density at radius 1 is 1.33 bits per heavy atom. The minimum Gasteiger partial charge on any atom is -0.480 e. The smallest absolute Gasteiger partial charge is 0.321 e. The first kappa shape index (κ1) is 13.1. The number of aliphatic carboxylic acids is 1. The molecule has 0 bridgehead atoms. The molecule has 18 heavy (non-hydrogen) atoms. The van der Waals surface area contributed by atoms with E-state index in [0.717, 1.165) is 31.5 Å². The molecule has 0 aromatic heterocycles. The second-order valence-corrected chi connectivity index (χ2v) is 5.23. The Hall–Kier alpha value is -1.35. The maximum absolute atomic E-state index is 11.4. The van der Waals surface area contributed by atoms with E-state index in [1.807, 2.05) is 0 Å². The third kappa shape index (κ3) is 2.91. The van der Waals surface area contributed by atoms with Crippen molar-refractivity contribution >= 4 is 5.97 Å². The lowest BCUT2D eigenvalue weighted by atomic mass is 9.98. The molecule has 1 aliphatic heterocycles. The van der Waals surface area contributed by atoms with Gasteiger partial charge in [-0.05, 0) is 57.3 Å². The number of rotatable bonds is 4. The lowest BCUT2D eigenvalue weighted by molar-refractivity contribution is -0.142. The van der Waals surface area contributed by atoms with Gasteiger partial charge in [0.25, 0.3) is 0 Å². The van der Waals surface area contributed by atoms with Gasteiger partial charge in [0.1, 0.15) is 6.04 Å². The number of nitrogens with zero attached hydrogens (tertiary/aromatic N) is 1. The molecule has 1 saturated heterocycles. The van der Waals surface area contributed by atoms with Crippen LogP contribution in [0.25, 0.3) is 0 Å². The van der Waals surface area contributed by atoms with Crippen LogP contribution in [0.5, 0.6) is 0 Å². The van der Waals surface area contributed by atoms with Gasteiger partial charge in [0.05, 0.1) is 0 Å². The van der Waals surface area contributed by atoms with Crippen molar-refractivity contribution in [2.24, 2.45) is 0 Å². The molecule has 0 amide bonds. The van der Waals surface area contributed by atoms with Crippen molar-refractivity contribution in [2.45, 2.75) is 39.2 Å². The zero-order valence-electron chi connectivity index (χ0n) is 11.1. The van der Waals surface area contributed by atoms with Crippen molar-refractivity contribution in [1.82, 2.24) is 4.90 Å². The van der Waals surface area contributed by atoms with Gasteiger partial charge < -0.3 is 5.11 Å². The van der Waals surface area contributed by atoms with Gasteiger partial charge >= 0.3 is 5.97 Å². The summed E-state index contributed by atoms with van der Waals surface area (Å²) in [6.07, 6.45) is 2.86. The summed E-state index contributed by atoms with van der Waals surface area (Å²) in [4.78, 5) is 13.5. The molecule has 0 radical (unpaired) electrons. The quantitative estimate of drug-likeness (QED) is 0.888. The van der Waals surface area contributed by atoms with Crippen LogP contribution >= 0.6 is 0 Å². The Labute approximate surface area is 108 Å². The summed E-state index contributed by atoms with van der Waals surface area (Å²) in [5.74, 6) is -0.696. The molecule has 1 N–H and O–H groups in total. The Bertz CT molecular complexity index is 436. The van der Waals surface area contributed by atoms with Crippen LogP contribution in [0, 0.1) is 13.8 Å². The molecule has 2 rings (SSSR count). The average molecular weight is 247 g/mol. The van der Waals surface area contributed by atoms with E-state index in [9.17, 15) is 9.90 Å². The number of benzene rings is 1. The van der Waals surface area contributed by atoms with Crippen molar-refractivity contribution in [2.75, 3.05) is 13.1 Å². The fraction of sp³-hybridized carbons (Fsp3) is 0.533. The van der Waals surface area contributed by atoms with Crippen molar-refractivity contribution < 1.29 is 9.90 Å². The van der Waals surface area contributed by atoms with Crippen LogP contribution < -0.4 is 0 Å². The van der Waals surface area contributed by atoms with E-state index in [1.165, 1.54) is 11.1 Å². The van der Waals surface area contributed by atoms with Crippen molar-refractivity contribution in [3.63, 3.8) is 0 Å². The lowest BCUT2D eigenvalue weighted by Gasteiger charge is -2.24. The standard InChI is InChI=1S/C15H21NO2/c1-11-5-6-12(2)13(9-11)10-14(15(17)18)16-7-3-4-8-16/h5-6,9,14H,3-4,7-8,10H2,1-2H3,(H,17,18). The molecule has 1 atom stereocenters. The normalized spacial score (nSPS) is 17.9. The molecule has 3 heteroatoms. The van der Waals surface area contributed by atoms with Gasteiger partial charge in [0.15, 0.2) is 0 Å². The highest BCUT2D eigenvalue weighted by Crippen LogP contribution is 2.19. The number of aryl methyl sites for hydroxylation is 2. The predicted molar refractivity (Wildman–Crippen MR) is 71.9 cm³/mol. The zero-order valence-corrected chi connectivity index (χ0v) is 11.1. The summed E-state index contributed by atoms with van der Waals surface area (Å²) in [7, 11) is 0. The second-order valence-electron chi connectivity index (χ2n) is 5.23. The summed E-state index contributed by atoms with van der Waals surface area (Å²) in [5.41, 5.74) is 3.54. The van der Waals surface area contributed by atoms with E-state index < -0.39 is 5.97 Å². The van der Waals surface area contributed by atoms with Gasteiger partial charge in [0, 0.05) is 0 Å². The topological polar surface area (TPSA) is 40.5 Å². The van der Waals surface area contributed by atoms with Crippen LogP contribution in [0.1, 0.15) is 29.5 Å². The van der Waals surface area contributed by atoms with Crippen LogP contribution in [-0.4, -0.2) is 35.1 Å². The minimum absolute atomic E-state index is 0.368. The Kier molecular flexibility index (Phi) is 4.02. The van der Waals surface area contributed by atoms with Gasteiger partial charge in [-0.25, -0.2) is 0 Å². The molecule has 3 nitrogen and oxygen atoms in total. The fourth-order valence-electron chi connectivity index (χ4n) is 2.65. The number of carboxylic acid groups (broad SMARTS) is 1. The first-order chi connectivity index (χ1) is 8.58. The number of hydrogen-bond acceptors (Lipinski definition) is 2. The molecular weight excluding hydrogens is 226 g/mol. The third-order valence-corrected chi connectivity index (χ3v) is 3.78. The molecule has 1 aromatic carbocycles. The van der Waals surface area contributed by atoms with Crippen LogP contribution in [-0.2, 0) is 11.2 Å². The lowest BCUT2D eigenvalue weighted by Crippen LogP contribution is -2.41. The van der Waals surface area contributed by atoms with E-state index in [2.05, 4.69) is 36.9 Å². The maximum Gasteiger partial charge on any atom is 0.321 e. The highest BCUT2D eigenvalue weighted by atomic mass is 16.4. The molecule has 1 unspecified atom stereocenters. The minimum atomic E-state index is -0.696. The summed E-state index contributed by atoms with van der Waals surface area (Å²) < 4.78 is 0. The maximum atomic E-state index is 11.4. The predicted octanol–water partition coefficient (Wildman–Crippen LogP) is 2.39. The van der Waals surface area contributed by atoms with Crippen LogP contribution in [0.2, 0.25) is 0 Å². The van der Waals surface area contributed by atoms with Crippen LogP contribution in [0.15, 0.2) is 18.2 Å². The molecule has 98 valence electrons. The fourth-order valence-corrected chi connectivity index (χ4v) is 2.65. The first-order valence-corrected chi connectivity index (χ1v) is 6.61. The second kappa shape index (κ2) is 5.53. The Morgan fingerprint density at radius 3 is 2.61 bits per heavy atom. The van der Waals surface area contributed by atoms with E-state index in [4.69, 9.17) is 0 Å². The third-order valence-electron chi connectivity index (χ3n) is 3.78. The van der Waals surface area contributed by atoms with Crippen LogP contribution in [0.4, 0.5) is 0 Å². The van der Waals surface area contributed by atoms with Gasteiger partial charge in [-0.1, -0.05) is 23.8 Å². The van der Waals surface area contributed by atoms with E-state index in [0.29, 0.717) is 6.42 Å². The molecule has 0 aliphatic carbocycles. The van der Waals surface area contributed by atoms with Crippen molar-refractivity contribution in [1.29, 1.82) is 0 Å². The van der Waals surface area contributed by atoms with E-state index in [-0.39, 0.29) is 6.04 Å². The molecule has 1 heterocycles. The molecule has 0 spiro atoms. The zero-order chi connectivity index (χ0) is 13.1. The summed E-state index contributed by atoms with van der Waals surface area (Å²) >= 11 is 0. The Balaban J connectivity index is 2.17. The highest BCUT2D eigenvalue weighted by Gasteiger charge is 2.28. The summed E-state index contributed by atoms with van der Waals surface area (Å²) in [5, 5.41) is 9.41. The average Bonchev–Trinajstić information content (AvgIpc) is 2.83. The number of carboxylic acids is 1. The summed E-state index contributed by atoms with van der Waals surface area (Å²) in [6.45, 7) is 5.94. The highest BCUT2D eigenvalue weighted by molar-refractivity contribution is 5.74. The van der Waals surface area contributed by atoms with Gasteiger partial charge in [-0.2, -0.15) is 0 Å². The van der Waals surface area contributed by atoms with Crippen molar-refractivity contribution in [3.05, 3.63) is 34.9 Å². The van der Waals surface area contributed by atoms with Gasteiger partial charge in [-0.3, -0.25) is 9.69 Å². The monoisotopic (exact) mass is 247 g/mol. The van der Waals surface area contributed by atoms with E-state index in [1.54, 1.807) is 0 Å². The SMILES string of the molecule is Cc1ccc(C)c(CC(C(=O)O)N2CCCC2)c1. The molecular formula is C15H21NO2. The Morgan fingerprint density at radius 2 is 2.00 bits per heavy atom. The molecule has 1 fully saturated rings. The molecule has 1 aromatic rings. The molecule has 1 aliphatic rings. The first-order valence-electron chi connectivity index (χ1n) is 6.61. The van der Waals surface area contributed by atoms with Crippen LogP contribution in [0.3, 0.4) is 0 Å².